The number of benzene rings is 2. The van der Waals surface area contributed by atoms with Gasteiger partial charge in [0.15, 0.2) is 0 Å². The van der Waals surface area contributed by atoms with E-state index in [1.54, 1.807) is 7.11 Å². The topological polar surface area (TPSA) is 69.1 Å². The molecule has 1 unspecified atom stereocenters. The van der Waals surface area contributed by atoms with Gasteiger partial charge in [-0.05, 0) is 55.3 Å². The Morgan fingerprint density at radius 3 is 2.55 bits per heavy atom. The lowest BCUT2D eigenvalue weighted by atomic mass is 9.88. The fraction of sp³-hybridized carbons (Fsp3) is 0.474. The second kappa shape index (κ2) is 15.1. The van der Waals surface area contributed by atoms with E-state index in [0.29, 0.717) is 66.7 Å². The SMILES string of the molecule is COC(Cc1cc(Cl)c2c(c1Cl)C(=O)N(Cc1c(OCc3ccccc3)nc(C)c3c1ccn3COCC[Si](C)(C)C)CC2)C1CN(C)C1. The van der Waals surface area contributed by atoms with Gasteiger partial charge in [0, 0.05) is 75.9 Å². The van der Waals surface area contributed by atoms with E-state index in [1.807, 2.05) is 54.4 Å². The molecule has 1 saturated heterocycles. The molecule has 49 heavy (non-hydrogen) atoms. The normalized spacial score (nSPS) is 16.2. The molecule has 2 aliphatic heterocycles. The third-order valence-corrected chi connectivity index (χ3v) is 12.3. The Morgan fingerprint density at radius 2 is 1.86 bits per heavy atom. The van der Waals surface area contributed by atoms with Crippen molar-refractivity contribution < 1.29 is 19.0 Å². The largest absolute Gasteiger partial charge is 0.473 e. The van der Waals surface area contributed by atoms with Crippen LogP contribution in [0.1, 0.15) is 38.3 Å². The highest BCUT2D eigenvalue weighted by atomic mass is 35.5. The Labute approximate surface area is 301 Å². The number of hydrogen-bond donors (Lipinski definition) is 0. The van der Waals surface area contributed by atoms with E-state index >= 15 is 0 Å². The van der Waals surface area contributed by atoms with E-state index in [2.05, 4.69) is 42.2 Å². The van der Waals surface area contributed by atoms with Crippen LogP contribution in [0.2, 0.25) is 35.7 Å². The van der Waals surface area contributed by atoms with E-state index in [-0.39, 0.29) is 12.0 Å². The van der Waals surface area contributed by atoms with Crippen LogP contribution in [-0.2, 0) is 42.2 Å². The number of methoxy groups -OCH3 is 1. The first-order chi connectivity index (χ1) is 23.4. The van der Waals surface area contributed by atoms with Crippen LogP contribution in [0.15, 0.2) is 48.7 Å². The maximum atomic E-state index is 14.4. The van der Waals surface area contributed by atoms with Crippen molar-refractivity contribution in [2.24, 2.45) is 5.92 Å². The first-order valence-corrected chi connectivity index (χ1v) is 21.6. The number of amides is 1. The number of pyridine rings is 1. The number of rotatable bonds is 14. The molecule has 4 aromatic rings. The first kappa shape index (κ1) is 35.9. The molecule has 1 amide bonds. The number of fused-ring (bicyclic) bond motifs is 2. The number of hydrogen-bond acceptors (Lipinski definition) is 6. The summed E-state index contributed by atoms with van der Waals surface area (Å²) in [4.78, 5) is 23.5. The number of carbonyl (C=O) groups is 1. The van der Waals surface area contributed by atoms with Gasteiger partial charge in [0.25, 0.3) is 5.91 Å². The summed E-state index contributed by atoms with van der Waals surface area (Å²) in [7, 11) is 2.64. The Kier molecular flexibility index (Phi) is 11.1. The number of aromatic nitrogens is 2. The van der Waals surface area contributed by atoms with E-state index in [0.717, 1.165) is 64.6 Å². The summed E-state index contributed by atoms with van der Waals surface area (Å²) in [6, 6.07) is 15.2. The molecule has 11 heteroatoms. The highest BCUT2D eigenvalue weighted by molar-refractivity contribution is 6.76. The van der Waals surface area contributed by atoms with Crippen molar-refractivity contribution in [3.05, 3.63) is 92.2 Å². The van der Waals surface area contributed by atoms with Gasteiger partial charge in [0.2, 0.25) is 5.88 Å². The zero-order valence-corrected chi connectivity index (χ0v) is 32.0. The maximum Gasteiger partial charge on any atom is 0.256 e. The molecular weight excluding hydrogens is 675 g/mol. The van der Waals surface area contributed by atoms with Gasteiger partial charge in [-0.15, -0.1) is 0 Å². The predicted molar refractivity (Wildman–Crippen MR) is 200 cm³/mol. The lowest BCUT2D eigenvalue weighted by molar-refractivity contribution is -0.0174. The van der Waals surface area contributed by atoms with Crippen molar-refractivity contribution in [1.29, 1.82) is 0 Å². The predicted octanol–water partition coefficient (Wildman–Crippen LogP) is 7.86. The van der Waals surface area contributed by atoms with Crippen LogP contribution in [0.25, 0.3) is 10.9 Å². The minimum atomic E-state index is -1.21. The third kappa shape index (κ3) is 8.03. The van der Waals surface area contributed by atoms with E-state index < -0.39 is 8.07 Å². The average molecular weight is 724 g/mol. The number of carbonyl (C=O) groups excluding carboxylic acids is 1. The van der Waals surface area contributed by atoms with Crippen molar-refractivity contribution in [3.63, 3.8) is 0 Å². The van der Waals surface area contributed by atoms with Crippen LogP contribution in [-0.4, -0.2) is 79.8 Å². The van der Waals surface area contributed by atoms with Crippen molar-refractivity contribution >= 4 is 48.1 Å². The van der Waals surface area contributed by atoms with Crippen LogP contribution in [0, 0.1) is 12.8 Å². The first-order valence-electron chi connectivity index (χ1n) is 17.2. The standard InChI is InChI=1S/C38H48Cl2N4O4Si/c1-25-36-29(12-15-44(36)24-47-16-17-49(4,5)6)31(37(41-25)48-23-26-10-8-7-9-11-26)22-43-14-13-30-32(39)18-27(35(40)34(30)38(43)45)19-33(46-3)28-20-42(2)21-28/h7-12,15,18,28,33H,13-14,16-17,19-24H2,1-6H3. The maximum absolute atomic E-state index is 14.4. The lowest BCUT2D eigenvalue weighted by Gasteiger charge is -2.41. The van der Waals surface area contributed by atoms with Crippen LogP contribution in [0.3, 0.4) is 0 Å². The molecule has 1 fully saturated rings. The van der Waals surface area contributed by atoms with Crippen LogP contribution >= 0.6 is 23.2 Å². The molecule has 0 spiro atoms. The molecule has 8 nitrogen and oxygen atoms in total. The molecule has 0 radical (unpaired) electrons. The number of nitrogens with zero attached hydrogens (tertiary/aromatic N) is 4. The molecule has 0 saturated carbocycles. The zero-order chi connectivity index (χ0) is 34.9. The lowest BCUT2D eigenvalue weighted by Crippen LogP contribution is -2.50. The number of halogens is 2. The van der Waals surface area contributed by atoms with Crippen molar-refractivity contribution in [2.45, 2.75) is 71.4 Å². The number of ether oxygens (including phenoxy) is 3. The summed E-state index contributed by atoms with van der Waals surface area (Å²) in [6.07, 6.45) is 3.25. The fourth-order valence-electron chi connectivity index (χ4n) is 6.98. The summed E-state index contributed by atoms with van der Waals surface area (Å²) in [6.45, 7) is 13.4. The van der Waals surface area contributed by atoms with Crippen LogP contribution in [0.4, 0.5) is 0 Å². The van der Waals surface area contributed by atoms with Gasteiger partial charge in [-0.25, -0.2) is 4.98 Å². The minimum absolute atomic E-state index is 0.00240. The second-order valence-electron chi connectivity index (χ2n) is 14.8. The molecule has 0 N–H and O–H groups in total. The molecule has 1 atom stereocenters. The highest BCUT2D eigenvalue weighted by Gasteiger charge is 2.35. The quantitative estimate of drug-likeness (QED) is 0.0976. The Bertz CT molecular complexity index is 1800. The van der Waals surface area contributed by atoms with Crippen LogP contribution in [0.5, 0.6) is 5.88 Å². The number of aryl methyl sites for hydroxylation is 1. The smallest absolute Gasteiger partial charge is 0.256 e. The zero-order valence-electron chi connectivity index (χ0n) is 29.5. The molecule has 4 heterocycles. The van der Waals surface area contributed by atoms with Crippen molar-refractivity contribution in [3.8, 4) is 5.88 Å². The summed E-state index contributed by atoms with van der Waals surface area (Å²) in [5.41, 5.74) is 5.88. The molecule has 0 bridgehead atoms. The molecule has 262 valence electrons. The molecule has 2 aromatic carbocycles. The molecular formula is C38H48Cl2N4O4Si. The fourth-order valence-corrected chi connectivity index (χ4v) is 8.38. The summed E-state index contributed by atoms with van der Waals surface area (Å²) < 4.78 is 20.5. The van der Waals surface area contributed by atoms with Crippen molar-refractivity contribution in [2.75, 3.05) is 40.4 Å². The van der Waals surface area contributed by atoms with Crippen molar-refractivity contribution in [1.82, 2.24) is 19.4 Å². The van der Waals surface area contributed by atoms with Gasteiger partial charge in [-0.3, -0.25) is 4.79 Å². The summed E-state index contributed by atoms with van der Waals surface area (Å²) in [5.74, 6) is 0.803. The Morgan fingerprint density at radius 1 is 1.10 bits per heavy atom. The van der Waals surface area contributed by atoms with Gasteiger partial charge in [0.1, 0.15) is 13.3 Å². The monoisotopic (exact) mass is 722 g/mol. The Balaban J connectivity index is 1.31. The Hall–Kier alpha value is -2.92. The third-order valence-electron chi connectivity index (χ3n) is 9.82. The molecule has 2 aromatic heterocycles. The van der Waals surface area contributed by atoms with Gasteiger partial charge >= 0.3 is 0 Å². The number of likely N-dealkylation sites (tertiary alicyclic amines) is 1. The molecule has 6 rings (SSSR count). The average Bonchev–Trinajstić information content (AvgIpc) is 3.48. The summed E-state index contributed by atoms with van der Waals surface area (Å²) in [5, 5.41) is 2.05. The van der Waals surface area contributed by atoms with E-state index in [1.165, 1.54) is 0 Å². The summed E-state index contributed by atoms with van der Waals surface area (Å²) >= 11 is 13.9. The van der Waals surface area contributed by atoms with E-state index in [4.69, 9.17) is 42.4 Å². The molecule has 2 aliphatic rings. The molecule has 0 aliphatic carbocycles. The van der Waals surface area contributed by atoms with Gasteiger partial charge in [-0.2, -0.15) is 0 Å². The van der Waals surface area contributed by atoms with Gasteiger partial charge in [0.05, 0.1) is 34.4 Å². The van der Waals surface area contributed by atoms with Gasteiger partial charge in [-0.1, -0.05) is 73.2 Å². The minimum Gasteiger partial charge on any atom is -0.473 e. The van der Waals surface area contributed by atoms with Gasteiger partial charge < -0.3 is 28.6 Å². The second-order valence-corrected chi connectivity index (χ2v) is 21.2. The highest BCUT2D eigenvalue weighted by Crippen LogP contribution is 2.38. The van der Waals surface area contributed by atoms with Crippen LogP contribution < -0.4 is 4.74 Å². The van der Waals surface area contributed by atoms with E-state index in [9.17, 15) is 4.79 Å².